The zero-order chi connectivity index (χ0) is 14.9. The van der Waals surface area contributed by atoms with Crippen LogP contribution in [0.2, 0.25) is 0 Å². The zero-order valence-electron chi connectivity index (χ0n) is 11.7. The number of hydrogen-bond acceptors (Lipinski definition) is 3. The second-order valence-corrected chi connectivity index (χ2v) is 7.14. The Labute approximate surface area is 119 Å². The molecular weight excluding hydrogens is 281 g/mol. The van der Waals surface area contributed by atoms with E-state index in [1.54, 1.807) is 0 Å². The van der Waals surface area contributed by atoms with Crippen LogP contribution in [0.1, 0.15) is 37.3 Å². The van der Waals surface area contributed by atoms with Crippen molar-refractivity contribution < 1.29 is 17.9 Å². The lowest BCUT2D eigenvalue weighted by atomic mass is 9.81. The van der Waals surface area contributed by atoms with Gasteiger partial charge in [-0.1, -0.05) is 6.42 Å². The van der Waals surface area contributed by atoms with E-state index < -0.39 is 22.4 Å². The highest BCUT2D eigenvalue weighted by molar-refractivity contribution is 7.89. The van der Waals surface area contributed by atoms with Crippen LogP contribution in [0.25, 0.3) is 0 Å². The first-order valence-electron chi connectivity index (χ1n) is 6.77. The van der Waals surface area contributed by atoms with E-state index in [-0.39, 0.29) is 22.1 Å². The topological polar surface area (TPSA) is 66.4 Å². The molecule has 0 aliphatic heterocycles. The van der Waals surface area contributed by atoms with Gasteiger partial charge in [0.15, 0.2) is 0 Å². The van der Waals surface area contributed by atoms with Crippen LogP contribution < -0.4 is 4.72 Å². The predicted octanol–water partition coefficient (Wildman–Crippen LogP) is 2.09. The zero-order valence-corrected chi connectivity index (χ0v) is 12.5. The summed E-state index contributed by atoms with van der Waals surface area (Å²) in [6.07, 6.45) is 3.17. The quantitative estimate of drug-likeness (QED) is 0.875. The molecule has 0 amide bonds. The number of halogens is 1. The number of benzene rings is 1. The van der Waals surface area contributed by atoms with Crippen LogP contribution >= 0.6 is 0 Å². The van der Waals surface area contributed by atoms with Crippen molar-refractivity contribution in [2.24, 2.45) is 5.92 Å². The van der Waals surface area contributed by atoms with Crippen LogP contribution in [0, 0.1) is 18.7 Å². The summed E-state index contributed by atoms with van der Waals surface area (Å²) < 4.78 is 41.1. The van der Waals surface area contributed by atoms with Crippen LogP contribution in [-0.2, 0) is 16.6 Å². The summed E-state index contributed by atoms with van der Waals surface area (Å²) in [7, 11) is -3.77. The van der Waals surface area contributed by atoms with E-state index in [2.05, 4.69) is 4.72 Å². The molecule has 0 bridgehead atoms. The van der Waals surface area contributed by atoms with Crippen LogP contribution in [0.3, 0.4) is 0 Å². The highest BCUT2D eigenvalue weighted by Crippen LogP contribution is 2.30. The lowest BCUT2D eigenvalue weighted by molar-refractivity contribution is 0.260. The fraction of sp³-hybridized carbons (Fsp3) is 0.571. The maximum absolute atomic E-state index is 13.7. The van der Waals surface area contributed by atoms with Gasteiger partial charge >= 0.3 is 0 Å². The van der Waals surface area contributed by atoms with E-state index in [0.29, 0.717) is 5.92 Å². The fourth-order valence-corrected chi connectivity index (χ4v) is 4.04. The van der Waals surface area contributed by atoms with E-state index >= 15 is 0 Å². The molecule has 0 aromatic heterocycles. The smallest absolute Gasteiger partial charge is 0.241 e. The maximum atomic E-state index is 13.7. The first-order chi connectivity index (χ1) is 9.35. The maximum Gasteiger partial charge on any atom is 0.241 e. The van der Waals surface area contributed by atoms with E-state index in [9.17, 15) is 12.8 Å². The summed E-state index contributed by atoms with van der Waals surface area (Å²) >= 11 is 0. The van der Waals surface area contributed by atoms with Gasteiger partial charge in [-0.25, -0.2) is 17.5 Å². The van der Waals surface area contributed by atoms with E-state index in [0.717, 1.165) is 25.3 Å². The van der Waals surface area contributed by atoms with Gasteiger partial charge in [0.2, 0.25) is 10.0 Å². The number of aliphatic hydroxyl groups excluding tert-OH is 1. The SMILES string of the molecule is Cc1c(F)cc(CO)cc1S(=O)(=O)NC(C)C1CCC1. The monoisotopic (exact) mass is 301 g/mol. The molecule has 0 radical (unpaired) electrons. The first kappa shape index (κ1) is 15.4. The summed E-state index contributed by atoms with van der Waals surface area (Å²) in [6, 6.07) is 2.33. The second-order valence-electron chi connectivity index (χ2n) is 5.46. The second kappa shape index (κ2) is 5.79. The summed E-state index contributed by atoms with van der Waals surface area (Å²) in [6.45, 7) is 2.87. The molecule has 2 rings (SSSR count). The third-order valence-electron chi connectivity index (χ3n) is 4.03. The molecule has 1 unspecified atom stereocenters. The van der Waals surface area contributed by atoms with Crippen molar-refractivity contribution in [3.05, 3.63) is 29.1 Å². The Balaban J connectivity index is 2.30. The normalized spacial score (nSPS) is 17.8. The molecule has 6 heteroatoms. The van der Waals surface area contributed by atoms with Crippen molar-refractivity contribution in [1.82, 2.24) is 4.72 Å². The molecule has 1 aliphatic rings. The average Bonchev–Trinajstić information content (AvgIpc) is 2.29. The van der Waals surface area contributed by atoms with Crippen LogP contribution in [0.15, 0.2) is 17.0 Å². The van der Waals surface area contributed by atoms with Crippen LogP contribution in [-0.4, -0.2) is 19.6 Å². The molecule has 1 aromatic carbocycles. The van der Waals surface area contributed by atoms with Crippen molar-refractivity contribution in [1.29, 1.82) is 0 Å². The number of sulfonamides is 1. The Morgan fingerprint density at radius 3 is 2.60 bits per heavy atom. The van der Waals surface area contributed by atoms with Gasteiger partial charge in [-0.3, -0.25) is 0 Å². The Morgan fingerprint density at radius 1 is 1.45 bits per heavy atom. The Hall–Kier alpha value is -0.980. The fourth-order valence-electron chi connectivity index (χ4n) is 2.42. The third-order valence-corrected chi connectivity index (χ3v) is 5.71. The van der Waals surface area contributed by atoms with Gasteiger partial charge in [0, 0.05) is 11.6 Å². The Morgan fingerprint density at radius 2 is 2.10 bits per heavy atom. The minimum Gasteiger partial charge on any atom is -0.392 e. The summed E-state index contributed by atoms with van der Waals surface area (Å²) in [5.41, 5.74) is 0.334. The van der Waals surface area contributed by atoms with Gasteiger partial charge in [0.1, 0.15) is 5.82 Å². The molecule has 1 aliphatic carbocycles. The standard InChI is InChI=1S/C14H20FNO3S/c1-9-13(15)6-11(8-17)7-14(9)20(18,19)16-10(2)12-4-3-5-12/h6-7,10,12,16-17H,3-5,8H2,1-2H3. The van der Waals surface area contributed by atoms with E-state index in [4.69, 9.17) is 5.11 Å². The number of rotatable bonds is 5. The first-order valence-corrected chi connectivity index (χ1v) is 8.25. The molecule has 2 N–H and O–H groups in total. The predicted molar refractivity (Wildman–Crippen MR) is 74.2 cm³/mol. The number of aliphatic hydroxyl groups is 1. The molecule has 1 aromatic rings. The molecule has 1 fully saturated rings. The summed E-state index contributed by atoms with van der Waals surface area (Å²) in [5, 5.41) is 9.08. The lowest BCUT2D eigenvalue weighted by Crippen LogP contribution is -2.40. The number of nitrogens with one attached hydrogen (secondary N) is 1. The lowest BCUT2D eigenvalue weighted by Gasteiger charge is -2.31. The molecule has 20 heavy (non-hydrogen) atoms. The van der Waals surface area contributed by atoms with E-state index in [1.807, 2.05) is 6.92 Å². The Bertz CT molecular complexity index is 597. The van der Waals surface area contributed by atoms with Crippen molar-refractivity contribution in [3.8, 4) is 0 Å². The average molecular weight is 301 g/mol. The highest BCUT2D eigenvalue weighted by atomic mass is 32.2. The molecule has 0 spiro atoms. The van der Waals surface area contributed by atoms with Crippen molar-refractivity contribution in [2.45, 2.75) is 50.7 Å². The van der Waals surface area contributed by atoms with Gasteiger partial charge in [-0.2, -0.15) is 0 Å². The van der Waals surface area contributed by atoms with Crippen LogP contribution in [0.4, 0.5) is 4.39 Å². The van der Waals surface area contributed by atoms with Crippen molar-refractivity contribution in [2.75, 3.05) is 0 Å². The van der Waals surface area contributed by atoms with Gasteiger partial charge in [0.25, 0.3) is 0 Å². The van der Waals surface area contributed by atoms with Gasteiger partial charge in [-0.05, 0) is 50.3 Å². The molecule has 1 atom stereocenters. The third kappa shape index (κ3) is 3.02. The van der Waals surface area contributed by atoms with Gasteiger partial charge < -0.3 is 5.11 Å². The molecule has 112 valence electrons. The molecule has 1 saturated carbocycles. The van der Waals surface area contributed by atoms with Crippen LogP contribution in [0.5, 0.6) is 0 Å². The molecule has 4 nitrogen and oxygen atoms in total. The van der Waals surface area contributed by atoms with Crippen molar-refractivity contribution >= 4 is 10.0 Å². The summed E-state index contributed by atoms with van der Waals surface area (Å²) in [4.78, 5) is -0.0901. The van der Waals surface area contributed by atoms with Gasteiger partial charge in [-0.15, -0.1) is 0 Å². The van der Waals surface area contributed by atoms with Gasteiger partial charge in [0.05, 0.1) is 11.5 Å². The largest absolute Gasteiger partial charge is 0.392 e. The minimum atomic E-state index is -3.77. The Kier molecular flexibility index (Phi) is 4.46. The molecular formula is C14H20FNO3S. The van der Waals surface area contributed by atoms with Crippen molar-refractivity contribution in [3.63, 3.8) is 0 Å². The molecule has 0 saturated heterocycles. The summed E-state index contributed by atoms with van der Waals surface area (Å²) in [5.74, 6) is -0.260. The molecule has 0 heterocycles. The minimum absolute atomic E-state index is 0.0792. The van der Waals surface area contributed by atoms with E-state index in [1.165, 1.54) is 13.0 Å². The highest BCUT2D eigenvalue weighted by Gasteiger charge is 2.29. The number of hydrogen-bond donors (Lipinski definition) is 2.